The molecule has 0 aliphatic rings. The number of rotatable bonds is 8. The highest BCUT2D eigenvalue weighted by molar-refractivity contribution is 5.71. The second-order valence-electron chi connectivity index (χ2n) is 5.66. The van der Waals surface area contributed by atoms with Crippen LogP contribution >= 0.6 is 0 Å². The first kappa shape index (κ1) is 19.3. The van der Waals surface area contributed by atoms with Crippen LogP contribution < -0.4 is 11.2 Å². The lowest BCUT2D eigenvalue weighted by Crippen LogP contribution is -2.43. The molecule has 0 N–H and O–H groups in total. The zero-order valence-corrected chi connectivity index (χ0v) is 14.9. The maximum Gasteiger partial charge on any atom is 0.357 e. The maximum atomic E-state index is 12.7. The molecule has 0 unspecified atom stereocenters. The molecule has 0 bridgehead atoms. The van der Waals surface area contributed by atoms with Gasteiger partial charge < -0.3 is 4.74 Å². The monoisotopic (exact) mass is 363 g/mol. The third-order valence-electron chi connectivity index (χ3n) is 3.75. The van der Waals surface area contributed by atoms with Crippen LogP contribution in [0.5, 0.6) is 0 Å². The van der Waals surface area contributed by atoms with Crippen LogP contribution in [0, 0.1) is 10.1 Å². The minimum absolute atomic E-state index is 0.0237. The largest absolute Gasteiger partial charge is 0.383 e. The van der Waals surface area contributed by atoms with Gasteiger partial charge in [0, 0.05) is 32.5 Å². The summed E-state index contributed by atoms with van der Waals surface area (Å²) in [5.74, 6) is 0. The van der Waals surface area contributed by atoms with Crippen LogP contribution in [0.15, 0.2) is 22.0 Å². The Hall–Kier alpha value is -3.01. The average molecular weight is 363 g/mol. The minimum Gasteiger partial charge on any atom is -0.383 e. The van der Waals surface area contributed by atoms with Gasteiger partial charge >= 0.3 is 16.9 Å². The highest BCUT2D eigenvalue weighted by Gasteiger charge is 2.26. The molecule has 0 aromatic carbocycles. The van der Waals surface area contributed by atoms with Gasteiger partial charge in [0.05, 0.1) is 24.3 Å². The molecular weight excluding hydrogens is 342 g/mol. The summed E-state index contributed by atoms with van der Waals surface area (Å²) in [5, 5.41) is 15.6. The van der Waals surface area contributed by atoms with Crippen molar-refractivity contribution in [2.75, 3.05) is 13.7 Å². The van der Waals surface area contributed by atoms with E-state index in [2.05, 4.69) is 5.10 Å². The van der Waals surface area contributed by atoms with E-state index in [0.29, 0.717) is 12.0 Å². The molecule has 0 fully saturated rings. The molecule has 10 nitrogen and oxygen atoms in total. The highest BCUT2D eigenvalue weighted by Crippen LogP contribution is 2.16. The summed E-state index contributed by atoms with van der Waals surface area (Å²) < 4.78 is 8.57. The van der Waals surface area contributed by atoms with Gasteiger partial charge in [0.25, 0.3) is 0 Å². The molecule has 0 saturated carbocycles. The zero-order chi connectivity index (χ0) is 19.3. The molecule has 0 saturated heterocycles. The van der Waals surface area contributed by atoms with Gasteiger partial charge in [0.15, 0.2) is 0 Å². The number of nitro groups is 1. The topological polar surface area (TPSA) is 114 Å². The van der Waals surface area contributed by atoms with Crippen molar-refractivity contribution < 1.29 is 9.66 Å². The molecule has 26 heavy (non-hydrogen) atoms. The minimum atomic E-state index is -0.935. The second-order valence-corrected chi connectivity index (χ2v) is 5.66. The summed E-state index contributed by atoms with van der Waals surface area (Å²) in [6.45, 7) is 2.14. The lowest BCUT2D eigenvalue weighted by molar-refractivity contribution is -0.387. The fourth-order valence-electron chi connectivity index (χ4n) is 2.56. The Morgan fingerprint density at radius 1 is 1.27 bits per heavy atom. The predicted molar refractivity (Wildman–Crippen MR) is 95.9 cm³/mol. The third kappa shape index (κ3) is 3.97. The maximum absolute atomic E-state index is 12.7. The second kappa shape index (κ2) is 8.39. The molecule has 2 rings (SSSR count). The summed E-state index contributed by atoms with van der Waals surface area (Å²) >= 11 is 0. The van der Waals surface area contributed by atoms with Gasteiger partial charge in [-0.05, 0) is 18.6 Å². The molecule has 140 valence electrons. The fourth-order valence-corrected chi connectivity index (χ4v) is 2.56. The summed E-state index contributed by atoms with van der Waals surface area (Å²) in [7, 11) is 3.17. The Bertz CT molecular complexity index is 937. The van der Waals surface area contributed by atoms with Gasteiger partial charge in [0.2, 0.25) is 0 Å². The third-order valence-corrected chi connectivity index (χ3v) is 3.75. The summed E-state index contributed by atoms with van der Waals surface area (Å²) in [6.07, 6.45) is 6.86. The first-order valence-corrected chi connectivity index (χ1v) is 8.08. The van der Waals surface area contributed by atoms with Crippen LogP contribution in [-0.4, -0.2) is 37.6 Å². The quantitative estimate of drug-likeness (QED) is 0.508. The Morgan fingerprint density at radius 3 is 2.54 bits per heavy atom. The smallest absolute Gasteiger partial charge is 0.357 e. The van der Waals surface area contributed by atoms with Crippen LogP contribution in [-0.2, 0) is 24.9 Å². The summed E-state index contributed by atoms with van der Waals surface area (Å²) in [6, 6.07) is 0. The van der Waals surface area contributed by atoms with Gasteiger partial charge in [-0.3, -0.25) is 28.7 Å². The van der Waals surface area contributed by atoms with Crippen molar-refractivity contribution in [3.63, 3.8) is 0 Å². The van der Waals surface area contributed by atoms with Crippen LogP contribution in [0.4, 0.5) is 5.69 Å². The Morgan fingerprint density at radius 2 is 2.00 bits per heavy atom. The fraction of sp³-hybridized carbons (Fsp3) is 0.438. The number of hydrogen-bond donors (Lipinski definition) is 0. The lowest BCUT2D eigenvalue weighted by Gasteiger charge is -2.13. The standard InChI is InChI=1S/C16H21N5O5/c1-4-7-19-13(6-5-12-10-17-18(2)11-12)14(21(24)25)15(22)20(16(19)23)8-9-26-3/h5-6,10-11H,4,7-9H2,1-3H3/b6-5+. The summed E-state index contributed by atoms with van der Waals surface area (Å²) in [5.41, 5.74) is -1.49. The number of hydrogen-bond acceptors (Lipinski definition) is 6. The van der Waals surface area contributed by atoms with Gasteiger partial charge in [-0.2, -0.15) is 5.10 Å². The van der Waals surface area contributed by atoms with Crippen LogP contribution in [0.2, 0.25) is 0 Å². The number of methoxy groups -OCH3 is 1. The van der Waals surface area contributed by atoms with Gasteiger partial charge in [0.1, 0.15) is 5.69 Å². The van der Waals surface area contributed by atoms with Crippen molar-refractivity contribution in [3.8, 4) is 0 Å². The highest BCUT2D eigenvalue weighted by atomic mass is 16.6. The first-order chi connectivity index (χ1) is 12.4. The van der Waals surface area contributed by atoms with E-state index >= 15 is 0 Å². The summed E-state index contributed by atoms with van der Waals surface area (Å²) in [4.78, 5) is 36.0. The number of nitrogens with zero attached hydrogens (tertiary/aromatic N) is 5. The molecule has 10 heteroatoms. The van der Waals surface area contributed by atoms with E-state index in [1.807, 2.05) is 6.92 Å². The molecule has 2 aromatic heterocycles. The molecule has 0 aliphatic carbocycles. The van der Waals surface area contributed by atoms with E-state index in [4.69, 9.17) is 4.74 Å². The molecular formula is C16H21N5O5. The van der Waals surface area contributed by atoms with Crippen molar-refractivity contribution in [1.82, 2.24) is 18.9 Å². The Kier molecular flexibility index (Phi) is 6.23. The van der Waals surface area contributed by atoms with Crippen molar-refractivity contribution >= 4 is 17.8 Å². The van der Waals surface area contributed by atoms with Crippen molar-refractivity contribution in [3.05, 3.63) is 54.6 Å². The van der Waals surface area contributed by atoms with Crippen molar-refractivity contribution in [1.29, 1.82) is 0 Å². The molecule has 0 radical (unpaired) electrons. The predicted octanol–water partition coefficient (Wildman–Crippen LogP) is 0.878. The normalized spacial score (nSPS) is 11.3. The van der Waals surface area contributed by atoms with E-state index in [1.165, 1.54) is 17.8 Å². The van der Waals surface area contributed by atoms with Crippen molar-refractivity contribution in [2.45, 2.75) is 26.4 Å². The molecule has 0 atom stereocenters. The molecule has 2 heterocycles. The van der Waals surface area contributed by atoms with E-state index in [0.717, 1.165) is 4.57 Å². The molecule has 0 spiro atoms. The van der Waals surface area contributed by atoms with Crippen LogP contribution in [0.3, 0.4) is 0 Å². The van der Waals surface area contributed by atoms with E-state index in [-0.39, 0.29) is 25.4 Å². The number of aryl methyl sites for hydroxylation is 1. The van der Waals surface area contributed by atoms with E-state index < -0.39 is 21.9 Å². The molecule has 0 aliphatic heterocycles. The average Bonchev–Trinajstić information content (AvgIpc) is 3.00. The molecule has 2 aromatic rings. The number of aromatic nitrogens is 4. The van der Waals surface area contributed by atoms with Crippen LogP contribution in [0.1, 0.15) is 24.6 Å². The van der Waals surface area contributed by atoms with Gasteiger partial charge in [-0.1, -0.05) is 6.92 Å². The first-order valence-electron chi connectivity index (χ1n) is 8.08. The van der Waals surface area contributed by atoms with Gasteiger partial charge in [-0.15, -0.1) is 0 Å². The Labute approximate surface area is 149 Å². The van der Waals surface area contributed by atoms with Gasteiger partial charge in [-0.25, -0.2) is 4.79 Å². The lowest BCUT2D eigenvalue weighted by atomic mass is 10.2. The Balaban J connectivity index is 2.71. The number of ether oxygens (including phenoxy) is 1. The molecule has 0 amide bonds. The van der Waals surface area contributed by atoms with E-state index in [1.54, 1.807) is 30.2 Å². The van der Waals surface area contributed by atoms with Crippen LogP contribution in [0.25, 0.3) is 12.2 Å². The van der Waals surface area contributed by atoms with Crippen molar-refractivity contribution in [2.24, 2.45) is 7.05 Å². The SMILES string of the molecule is CCCn1c(/C=C/c2cnn(C)c2)c([N+](=O)[O-])c(=O)n(CCOC)c1=O. The zero-order valence-electron chi connectivity index (χ0n) is 14.9. The van der Waals surface area contributed by atoms with E-state index in [9.17, 15) is 19.7 Å².